The summed E-state index contributed by atoms with van der Waals surface area (Å²) in [6.07, 6.45) is 0. The van der Waals surface area contributed by atoms with Crippen molar-refractivity contribution >= 4 is 43.0 Å². The van der Waals surface area contributed by atoms with Crippen LogP contribution in [0.15, 0.2) is 101 Å². The van der Waals surface area contributed by atoms with E-state index in [-0.39, 0.29) is 9.79 Å². The summed E-state index contributed by atoms with van der Waals surface area (Å²) in [7, 11) is -6.57. The quantitative estimate of drug-likeness (QED) is 0.259. The van der Waals surface area contributed by atoms with Crippen LogP contribution in [-0.2, 0) is 24.8 Å². The van der Waals surface area contributed by atoms with E-state index in [9.17, 15) is 21.6 Å². The first-order valence-electron chi connectivity index (χ1n) is 12.6. The Morgan fingerprint density at radius 2 is 1.41 bits per heavy atom. The minimum Gasteiger partial charge on any atom is -0.495 e. The first-order chi connectivity index (χ1) is 19.4. The van der Waals surface area contributed by atoms with E-state index in [2.05, 4.69) is 10.0 Å². The second-order valence-electron chi connectivity index (χ2n) is 9.50. The number of ether oxygens (including phenoxy) is 1. The molecule has 0 aliphatic heterocycles. The third-order valence-electron chi connectivity index (χ3n) is 6.29. The Hall–Kier alpha value is -4.35. The third kappa shape index (κ3) is 6.87. The summed E-state index contributed by atoms with van der Waals surface area (Å²) in [4.78, 5) is 13.1. The Bertz CT molecular complexity index is 1770. The SMILES string of the molecule is COc1ccc(C)cc1NS(=O)(=O)c1ccc(NC(=O)CN(c2ccc(C)cc2C)S(=O)(=O)c2ccccc2)cc1. The van der Waals surface area contributed by atoms with Crippen LogP contribution in [0.3, 0.4) is 0 Å². The van der Waals surface area contributed by atoms with Gasteiger partial charge in [-0.15, -0.1) is 0 Å². The molecular weight excluding hydrogens is 562 g/mol. The Balaban J connectivity index is 1.55. The number of carbonyl (C=O) groups is 1. The van der Waals surface area contributed by atoms with Crippen molar-refractivity contribution in [2.75, 3.05) is 28.0 Å². The van der Waals surface area contributed by atoms with E-state index < -0.39 is 32.5 Å². The van der Waals surface area contributed by atoms with E-state index in [4.69, 9.17) is 4.74 Å². The van der Waals surface area contributed by atoms with E-state index in [1.54, 1.807) is 55.5 Å². The number of hydrogen-bond donors (Lipinski definition) is 2. The highest BCUT2D eigenvalue weighted by Gasteiger charge is 2.28. The number of nitrogens with one attached hydrogen (secondary N) is 2. The molecule has 9 nitrogen and oxygen atoms in total. The first kappa shape index (κ1) is 29.6. The molecule has 0 aliphatic rings. The number of hydrogen-bond acceptors (Lipinski definition) is 6. The van der Waals surface area contributed by atoms with Crippen molar-refractivity contribution in [2.45, 2.75) is 30.6 Å². The highest BCUT2D eigenvalue weighted by Crippen LogP contribution is 2.29. The molecule has 1 amide bonds. The van der Waals surface area contributed by atoms with E-state index in [0.717, 1.165) is 15.4 Å². The second kappa shape index (κ2) is 12.0. The topological polar surface area (TPSA) is 122 Å². The number of amides is 1. The predicted molar refractivity (Wildman–Crippen MR) is 161 cm³/mol. The summed E-state index contributed by atoms with van der Waals surface area (Å²) >= 11 is 0. The van der Waals surface area contributed by atoms with Gasteiger partial charge in [0.05, 0.1) is 28.3 Å². The molecule has 0 saturated heterocycles. The van der Waals surface area contributed by atoms with Gasteiger partial charge in [0, 0.05) is 5.69 Å². The zero-order valence-electron chi connectivity index (χ0n) is 23.1. The van der Waals surface area contributed by atoms with Crippen LogP contribution in [0.2, 0.25) is 0 Å². The maximum absolute atomic E-state index is 13.6. The van der Waals surface area contributed by atoms with Gasteiger partial charge in [0.15, 0.2) is 0 Å². The molecule has 0 aromatic heterocycles. The van der Waals surface area contributed by atoms with Crippen molar-refractivity contribution in [2.24, 2.45) is 0 Å². The molecule has 4 rings (SSSR count). The number of aryl methyl sites for hydroxylation is 3. The molecule has 0 fully saturated rings. The fourth-order valence-corrected chi connectivity index (χ4v) is 6.83. The smallest absolute Gasteiger partial charge is 0.264 e. The van der Waals surface area contributed by atoms with Crippen molar-refractivity contribution in [1.29, 1.82) is 0 Å². The van der Waals surface area contributed by atoms with Gasteiger partial charge < -0.3 is 10.1 Å². The van der Waals surface area contributed by atoms with Crippen LogP contribution in [0.1, 0.15) is 16.7 Å². The maximum atomic E-state index is 13.6. The summed E-state index contributed by atoms with van der Waals surface area (Å²) in [5.74, 6) is -0.218. The Morgan fingerprint density at radius 1 is 0.780 bits per heavy atom. The van der Waals surface area contributed by atoms with Gasteiger partial charge in [-0.3, -0.25) is 13.8 Å². The summed E-state index contributed by atoms with van der Waals surface area (Å²) in [6.45, 7) is 5.03. The normalized spacial score (nSPS) is 11.5. The fourth-order valence-electron chi connectivity index (χ4n) is 4.26. The van der Waals surface area contributed by atoms with Gasteiger partial charge in [-0.05, 0) is 86.5 Å². The summed E-state index contributed by atoms with van der Waals surface area (Å²) in [6, 6.07) is 23.9. The monoisotopic (exact) mass is 593 g/mol. The van der Waals surface area contributed by atoms with Crippen LogP contribution in [0.25, 0.3) is 0 Å². The molecule has 4 aromatic rings. The zero-order valence-corrected chi connectivity index (χ0v) is 24.7. The van der Waals surface area contributed by atoms with Gasteiger partial charge in [-0.25, -0.2) is 16.8 Å². The highest BCUT2D eigenvalue weighted by molar-refractivity contribution is 7.93. The fraction of sp³-hybridized carbons (Fsp3) is 0.167. The van der Waals surface area contributed by atoms with Gasteiger partial charge in [0.1, 0.15) is 12.3 Å². The Morgan fingerprint density at radius 3 is 2.05 bits per heavy atom. The molecule has 0 spiro atoms. The number of anilines is 3. The maximum Gasteiger partial charge on any atom is 0.264 e. The molecular formula is C30H31N3O6S2. The van der Waals surface area contributed by atoms with Crippen LogP contribution < -0.4 is 19.1 Å². The number of rotatable bonds is 10. The average Bonchev–Trinajstić information content (AvgIpc) is 2.93. The van der Waals surface area contributed by atoms with E-state index in [0.29, 0.717) is 28.4 Å². The number of benzene rings is 4. The van der Waals surface area contributed by atoms with Crippen molar-refractivity contribution in [1.82, 2.24) is 0 Å². The lowest BCUT2D eigenvalue weighted by molar-refractivity contribution is -0.114. The van der Waals surface area contributed by atoms with Gasteiger partial charge in [0.2, 0.25) is 5.91 Å². The predicted octanol–water partition coefficient (Wildman–Crippen LogP) is 5.26. The zero-order chi connectivity index (χ0) is 29.8. The van der Waals surface area contributed by atoms with Crippen molar-refractivity contribution in [3.8, 4) is 5.75 Å². The molecule has 4 aromatic carbocycles. The lowest BCUT2D eigenvalue weighted by Crippen LogP contribution is -2.38. The number of methoxy groups -OCH3 is 1. The molecule has 2 N–H and O–H groups in total. The molecule has 0 aliphatic carbocycles. The van der Waals surface area contributed by atoms with Crippen LogP contribution >= 0.6 is 0 Å². The number of nitrogens with zero attached hydrogens (tertiary/aromatic N) is 1. The molecule has 0 bridgehead atoms. The Labute approximate surface area is 240 Å². The minimum atomic E-state index is -4.07. The van der Waals surface area contributed by atoms with Crippen molar-refractivity contribution in [3.63, 3.8) is 0 Å². The summed E-state index contributed by atoms with van der Waals surface area (Å²) < 4.78 is 62.0. The molecule has 0 unspecified atom stereocenters. The largest absolute Gasteiger partial charge is 0.495 e. The summed E-state index contributed by atoms with van der Waals surface area (Å²) in [5, 5.41) is 2.67. The van der Waals surface area contributed by atoms with Crippen molar-refractivity contribution in [3.05, 3.63) is 108 Å². The highest BCUT2D eigenvalue weighted by atomic mass is 32.2. The Kier molecular flexibility index (Phi) is 8.69. The minimum absolute atomic E-state index is 0.0254. The molecule has 0 heterocycles. The molecule has 11 heteroatoms. The third-order valence-corrected chi connectivity index (χ3v) is 9.44. The lowest BCUT2D eigenvalue weighted by atomic mass is 10.1. The molecule has 0 atom stereocenters. The van der Waals surface area contributed by atoms with E-state index >= 15 is 0 Å². The summed E-state index contributed by atoms with van der Waals surface area (Å²) in [5.41, 5.74) is 3.50. The van der Waals surface area contributed by atoms with E-state index in [1.807, 2.05) is 19.9 Å². The van der Waals surface area contributed by atoms with Gasteiger partial charge >= 0.3 is 0 Å². The molecule has 214 valence electrons. The van der Waals surface area contributed by atoms with Crippen LogP contribution in [0.4, 0.5) is 17.1 Å². The first-order valence-corrected chi connectivity index (χ1v) is 15.6. The van der Waals surface area contributed by atoms with Crippen LogP contribution in [0.5, 0.6) is 5.75 Å². The average molecular weight is 594 g/mol. The second-order valence-corrected chi connectivity index (χ2v) is 13.0. The van der Waals surface area contributed by atoms with Crippen LogP contribution in [-0.4, -0.2) is 36.4 Å². The lowest BCUT2D eigenvalue weighted by Gasteiger charge is -2.26. The number of sulfonamides is 2. The van der Waals surface area contributed by atoms with Gasteiger partial charge in [-0.1, -0.05) is 42.0 Å². The molecule has 0 saturated carbocycles. The molecule has 0 radical (unpaired) electrons. The standard InChI is InChI=1S/C30H31N3O6S2/c1-21-10-16-28(23(3)18-21)33(41(37,38)26-8-6-5-7-9-26)20-30(34)31-24-12-14-25(15-13-24)40(35,36)32-27-19-22(2)11-17-29(27)39-4/h5-19,32H,20H2,1-4H3,(H,31,34). The van der Waals surface area contributed by atoms with Gasteiger partial charge in [-0.2, -0.15) is 0 Å². The van der Waals surface area contributed by atoms with Gasteiger partial charge in [0.25, 0.3) is 20.0 Å². The number of carbonyl (C=O) groups excluding carboxylic acids is 1. The molecule has 41 heavy (non-hydrogen) atoms. The van der Waals surface area contributed by atoms with E-state index in [1.165, 1.54) is 43.5 Å². The van der Waals surface area contributed by atoms with Crippen LogP contribution in [0, 0.1) is 20.8 Å². The van der Waals surface area contributed by atoms with Crippen molar-refractivity contribution < 1.29 is 26.4 Å².